The largest absolute Gasteiger partial charge is 0.329 e. The Balaban J connectivity index is 2.49. The molecule has 1 aliphatic heterocycles. The molecule has 1 rings (SSSR count). The van der Waals surface area contributed by atoms with E-state index < -0.39 is 0 Å². The molecule has 0 aliphatic carbocycles. The second-order valence-corrected chi connectivity index (χ2v) is 4.70. The summed E-state index contributed by atoms with van der Waals surface area (Å²) in [5.74, 6) is 0. The molecule has 90 valence electrons. The van der Waals surface area contributed by atoms with Crippen LogP contribution < -0.4 is 11.1 Å². The van der Waals surface area contributed by atoms with Crippen LogP contribution in [0.25, 0.3) is 0 Å². The number of hydrogen-bond acceptors (Lipinski definition) is 3. The van der Waals surface area contributed by atoms with Gasteiger partial charge in [-0.2, -0.15) is 0 Å². The Morgan fingerprint density at radius 2 is 2.07 bits per heavy atom. The first-order chi connectivity index (χ1) is 7.26. The van der Waals surface area contributed by atoms with Gasteiger partial charge in [-0.3, -0.25) is 0 Å². The molecule has 0 spiro atoms. The van der Waals surface area contributed by atoms with Crippen LogP contribution in [0.1, 0.15) is 39.5 Å². The van der Waals surface area contributed by atoms with Crippen LogP contribution in [0.15, 0.2) is 0 Å². The van der Waals surface area contributed by atoms with Crippen LogP contribution in [-0.2, 0) is 0 Å². The van der Waals surface area contributed by atoms with E-state index in [9.17, 15) is 0 Å². The van der Waals surface area contributed by atoms with Gasteiger partial charge in [0.15, 0.2) is 0 Å². The van der Waals surface area contributed by atoms with Crippen LogP contribution in [0.5, 0.6) is 0 Å². The number of nitrogens with one attached hydrogen (secondary N) is 1. The number of nitrogens with two attached hydrogens (primary N) is 1. The Hall–Kier alpha value is -0.120. The lowest BCUT2D eigenvalue weighted by Crippen LogP contribution is -2.52. The minimum absolute atomic E-state index is 0.222. The molecule has 3 heteroatoms. The Labute approximate surface area is 94.4 Å². The van der Waals surface area contributed by atoms with Gasteiger partial charge in [0.25, 0.3) is 0 Å². The van der Waals surface area contributed by atoms with Gasteiger partial charge in [0.1, 0.15) is 0 Å². The van der Waals surface area contributed by atoms with Crippen molar-refractivity contribution >= 4 is 0 Å². The minimum Gasteiger partial charge on any atom is -0.329 e. The number of hydrogen-bond donors (Lipinski definition) is 2. The van der Waals surface area contributed by atoms with Gasteiger partial charge in [-0.1, -0.05) is 13.8 Å². The number of rotatable bonds is 5. The molecule has 1 saturated heterocycles. The van der Waals surface area contributed by atoms with E-state index in [0.717, 1.165) is 13.1 Å². The van der Waals surface area contributed by atoms with Gasteiger partial charge in [0, 0.05) is 12.1 Å². The van der Waals surface area contributed by atoms with Gasteiger partial charge in [0.05, 0.1) is 0 Å². The smallest absolute Gasteiger partial charge is 0.0316 e. The molecule has 1 aliphatic rings. The van der Waals surface area contributed by atoms with Gasteiger partial charge in [-0.25, -0.2) is 0 Å². The van der Waals surface area contributed by atoms with E-state index in [1.165, 1.54) is 45.3 Å². The van der Waals surface area contributed by atoms with Crippen LogP contribution in [0.3, 0.4) is 0 Å². The van der Waals surface area contributed by atoms with Crippen LogP contribution in [0.4, 0.5) is 0 Å². The highest BCUT2D eigenvalue weighted by Gasteiger charge is 2.29. The first-order valence-electron chi connectivity index (χ1n) is 6.44. The summed E-state index contributed by atoms with van der Waals surface area (Å²) in [5.41, 5.74) is 6.18. The lowest BCUT2D eigenvalue weighted by molar-refractivity contribution is 0.267. The second kappa shape index (κ2) is 6.46. The molecular weight excluding hydrogens is 186 g/mol. The summed E-state index contributed by atoms with van der Waals surface area (Å²) in [6.07, 6.45) is 4.92. The van der Waals surface area contributed by atoms with Gasteiger partial charge in [-0.15, -0.1) is 0 Å². The Morgan fingerprint density at radius 3 is 2.67 bits per heavy atom. The van der Waals surface area contributed by atoms with Crippen molar-refractivity contribution in [3.63, 3.8) is 0 Å². The second-order valence-electron chi connectivity index (χ2n) is 4.70. The van der Waals surface area contributed by atoms with E-state index in [4.69, 9.17) is 5.73 Å². The third-order valence-corrected chi connectivity index (χ3v) is 3.62. The van der Waals surface area contributed by atoms with Crippen molar-refractivity contribution in [2.24, 2.45) is 5.73 Å². The highest BCUT2D eigenvalue weighted by molar-refractivity contribution is 4.92. The molecule has 1 unspecified atom stereocenters. The van der Waals surface area contributed by atoms with E-state index in [0.29, 0.717) is 0 Å². The highest BCUT2D eigenvalue weighted by atomic mass is 15.1. The first-order valence-corrected chi connectivity index (χ1v) is 6.44. The zero-order chi connectivity index (χ0) is 11.1. The third-order valence-electron chi connectivity index (χ3n) is 3.62. The third kappa shape index (κ3) is 3.74. The maximum atomic E-state index is 5.95. The molecule has 0 saturated carbocycles. The Morgan fingerprint density at radius 1 is 1.27 bits per heavy atom. The van der Waals surface area contributed by atoms with Crippen LogP contribution in [0.2, 0.25) is 0 Å². The van der Waals surface area contributed by atoms with Crippen LogP contribution >= 0.6 is 0 Å². The first kappa shape index (κ1) is 12.9. The summed E-state index contributed by atoms with van der Waals surface area (Å²) < 4.78 is 0. The van der Waals surface area contributed by atoms with Crippen LogP contribution in [0, 0.1) is 0 Å². The summed E-state index contributed by atoms with van der Waals surface area (Å²) in [7, 11) is 0. The van der Waals surface area contributed by atoms with Crippen molar-refractivity contribution in [1.29, 1.82) is 0 Å². The molecular formula is C12H27N3. The van der Waals surface area contributed by atoms with E-state index in [1.807, 2.05) is 0 Å². The predicted molar refractivity (Wildman–Crippen MR) is 66.0 cm³/mol. The molecule has 1 fully saturated rings. The van der Waals surface area contributed by atoms with E-state index in [-0.39, 0.29) is 5.54 Å². The molecule has 1 heterocycles. The highest BCUT2D eigenvalue weighted by Crippen LogP contribution is 2.21. The summed E-state index contributed by atoms with van der Waals surface area (Å²) in [4.78, 5) is 2.53. The van der Waals surface area contributed by atoms with Gasteiger partial charge < -0.3 is 16.0 Å². The molecule has 0 bridgehead atoms. The Kier molecular flexibility index (Phi) is 5.58. The molecule has 15 heavy (non-hydrogen) atoms. The van der Waals surface area contributed by atoms with Crippen molar-refractivity contribution in [3.05, 3.63) is 0 Å². The average Bonchev–Trinajstić information content (AvgIpc) is 2.49. The Bertz CT molecular complexity index is 172. The molecule has 0 aromatic carbocycles. The lowest BCUT2D eigenvalue weighted by Gasteiger charge is -2.33. The fourth-order valence-electron chi connectivity index (χ4n) is 2.41. The molecule has 1 atom stereocenters. The maximum Gasteiger partial charge on any atom is 0.0316 e. The van der Waals surface area contributed by atoms with Crippen molar-refractivity contribution < 1.29 is 0 Å². The van der Waals surface area contributed by atoms with Gasteiger partial charge in [0.2, 0.25) is 0 Å². The van der Waals surface area contributed by atoms with Gasteiger partial charge in [-0.05, 0) is 51.9 Å². The fourth-order valence-corrected chi connectivity index (χ4v) is 2.41. The van der Waals surface area contributed by atoms with E-state index in [2.05, 4.69) is 24.1 Å². The normalized spacial score (nSPS) is 29.0. The number of nitrogens with zero attached hydrogens (tertiary/aromatic N) is 1. The molecule has 3 N–H and O–H groups in total. The summed E-state index contributed by atoms with van der Waals surface area (Å²) in [6, 6.07) is 0. The standard InChI is InChI=1S/C12H27N3/c1-3-8-14-12(11-13)6-5-9-15(4-2)10-7-12/h14H,3-11,13H2,1-2H3. The maximum absolute atomic E-state index is 5.95. The van der Waals surface area contributed by atoms with Crippen LogP contribution in [-0.4, -0.2) is 43.2 Å². The summed E-state index contributed by atoms with van der Waals surface area (Å²) >= 11 is 0. The zero-order valence-corrected chi connectivity index (χ0v) is 10.4. The minimum atomic E-state index is 0.222. The fraction of sp³-hybridized carbons (Fsp3) is 1.00. The summed E-state index contributed by atoms with van der Waals surface area (Å²) in [6.45, 7) is 9.96. The average molecular weight is 213 g/mol. The van der Waals surface area contributed by atoms with Crippen molar-refractivity contribution in [2.75, 3.05) is 32.7 Å². The zero-order valence-electron chi connectivity index (χ0n) is 10.4. The van der Waals surface area contributed by atoms with E-state index >= 15 is 0 Å². The van der Waals surface area contributed by atoms with E-state index in [1.54, 1.807) is 0 Å². The lowest BCUT2D eigenvalue weighted by atomic mass is 9.90. The van der Waals surface area contributed by atoms with Crippen molar-refractivity contribution in [2.45, 2.75) is 45.1 Å². The molecule has 0 amide bonds. The van der Waals surface area contributed by atoms with Gasteiger partial charge >= 0.3 is 0 Å². The van der Waals surface area contributed by atoms with Crippen molar-refractivity contribution in [3.8, 4) is 0 Å². The predicted octanol–water partition coefficient (Wildman–Crippen LogP) is 1.19. The quantitative estimate of drug-likeness (QED) is 0.721. The van der Waals surface area contributed by atoms with Crippen molar-refractivity contribution in [1.82, 2.24) is 10.2 Å². The topological polar surface area (TPSA) is 41.3 Å². The SMILES string of the molecule is CCCNC1(CN)CCCN(CC)CC1. The molecule has 0 aromatic rings. The molecule has 0 radical (unpaired) electrons. The summed E-state index contributed by atoms with van der Waals surface area (Å²) in [5, 5.41) is 3.67. The molecule has 3 nitrogen and oxygen atoms in total. The molecule has 0 aromatic heterocycles. The monoisotopic (exact) mass is 213 g/mol. The number of likely N-dealkylation sites (tertiary alicyclic amines) is 1.